The lowest BCUT2D eigenvalue weighted by Gasteiger charge is -2.16. The van der Waals surface area contributed by atoms with Crippen LogP contribution in [0.3, 0.4) is 0 Å². The Hall–Kier alpha value is -2.17. The predicted octanol–water partition coefficient (Wildman–Crippen LogP) is 1.41. The van der Waals surface area contributed by atoms with Gasteiger partial charge in [0.05, 0.1) is 7.11 Å². The van der Waals surface area contributed by atoms with Gasteiger partial charge in [0.15, 0.2) is 0 Å². The van der Waals surface area contributed by atoms with Crippen molar-refractivity contribution in [1.29, 1.82) is 0 Å². The second-order valence-corrected chi connectivity index (χ2v) is 4.10. The number of hydrogen-bond acceptors (Lipinski definition) is 4. The number of esters is 1. The van der Waals surface area contributed by atoms with Crippen LogP contribution >= 0.6 is 0 Å². The lowest BCUT2D eigenvalue weighted by atomic mass is 10.1. The second-order valence-electron chi connectivity index (χ2n) is 4.10. The zero-order valence-corrected chi connectivity index (χ0v) is 10.1. The molecule has 1 atom stereocenters. The molecule has 1 aliphatic heterocycles. The Morgan fingerprint density at radius 1 is 1.67 bits per heavy atom. The molecule has 1 fully saturated rings. The van der Waals surface area contributed by atoms with Gasteiger partial charge < -0.3 is 9.64 Å². The fourth-order valence-corrected chi connectivity index (χ4v) is 1.95. The maximum Gasteiger partial charge on any atom is 0.356 e. The molecule has 0 saturated carbocycles. The average Bonchev–Trinajstić information content (AvgIpc) is 2.79. The number of hydrogen-bond donors (Lipinski definition) is 0. The van der Waals surface area contributed by atoms with Crippen LogP contribution in [-0.2, 0) is 9.53 Å². The summed E-state index contributed by atoms with van der Waals surface area (Å²) in [4.78, 5) is 28.8. The van der Waals surface area contributed by atoms with Gasteiger partial charge in [-0.15, -0.1) is 6.58 Å². The van der Waals surface area contributed by atoms with E-state index in [9.17, 15) is 9.59 Å². The number of rotatable bonds is 3. The smallest absolute Gasteiger partial charge is 0.356 e. The third-order valence-electron chi connectivity index (χ3n) is 2.94. The van der Waals surface area contributed by atoms with Crippen LogP contribution in [0.2, 0.25) is 0 Å². The number of amides is 1. The highest BCUT2D eigenvalue weighted by Crippen LogP contribution is 2.25. The molecule has 0 aliphatic carbocycles. The highest BCUT2D eigenvalue weighted by Gasteiger charge is 2.29. The average molecular weight is 246 g/mol. The summed E-state index contributed by atoms with van der Waals surface area (Å²) >= 11 is 0. The third kappa shape index (κ3) is 2.25. The molecule has 0 spiro atoms. The van der Waals surface area contributed by atoms with Gasteiger partial charge in [-0.2, -0.15) is 0 Å². The highest BCUT2D eigenvalue weighted by molar-refractivity contribution is 5.97. The molecule has 0 bridgehead atoms. The minimum atomic E-state index is -0.510. The van der Waals surface area contributed by atoms with Crippen LogP contribution in [0.4, 0.5) is 5.69 Å². The van der Waals surface area contributed by atoms with Gasteiger partial charge in [0.1, 0.15) is 5.69 Å². The zero-order chi connectivity index (χ0) is 13.1. The van der Waals surface area contributed by atoms with E-state index in [-0.39, 0.29) is 17.5 Å². The van der Waals surface area contributed by atoms with Crippen molar-refractivity contribution in [3.05, 3.63) is 36.7 Å². The Labute approximate surface area is 105 Å². The summed E-state index contributed by atoms with van der Waals surface area (Å²) in [7, 11) is 1.30. The van der Waals surface area contributed by atoms with E-state index in [0.29, 0.717) is 18.7 Å². The molecule has 5 heteroatoms. The molecule has 1 amide bonds. The first-order chi connectivity index (χ1) is 8.65. The number of carbonyl (C=O) groups is 2. The summed E-state index contributed by atoms with van der Waals surface area (Å²) in [5.41, 5.74) is 0.865. The van der Waals surface area contributed by atoms with Crippen LogP contribution in [0.25, 0.3) is 0 Å². The van der Waals surface area contributed by atoms with Crippen LogP contribution in [-0.4, -0.2) is 30.5 Å². The van der Waals surface area contributed by atoms with E-state index < -0.39 is 5.97 Å². The first kappa shape index (κ1) is 12.3. The monoisotopic (exact) mass is 246 g/mol. The number of pyridine rings is 1. The van der Waals surface area contributed by atoms with Gasteiger partial charge in [0, 0.05) is 30.8 Å². The lowest BCUT2D eigenvalue weighted by Crippen LogP contribution is -2.24. The zero-order valence-electron chi connectivity index (χ0n) is 10.1. The summed E-state index contributed by atoms with van der Waals surface area (Å²) in [6.45, 7) is 4.29. The Balaban J connectivity index is 2.26. The van der Waals surface area contributed by atoms with E-state index in [1.54, 1.807) is 23.1 Å². The predicted molar refractivity (Wildman–Crippen MR) is 66.2 cm³/mol. The molecule has 0 aromatic carbocycles. The molecular weight excluding hydrogens is 232 g/mol. The molecule has 1 aromatic rings. The standard InChI is InChI=1S/C13H14N2O3/c1-3-9-6-12(16)15(8-9)10-4-5-14-11(7-10)13(17)18-2/h3-5,7,9H,1,6,8H2,2H3. The van der Waals surface area contributed by atoms with Crippen molar-refractivity contribution >= 4 is 17.6 Å². The fourth-order valence-electron chi connectivity index (χ4n) is 1.95. The summed E-state index contributed by atoms with van der Waals surface area (Å²) < 4.78 is 4.60. The number of methoxy groups -OCH3 is 1. The SMILES string of the molecule is C=CC1CC(=O)N(c2ccnc(C(=O)OC)c2)C1. The number of ether oxygens (including phenoxy) is 1. The Bertz CT molecular complexity index is 499. The van der Waals surface area contributed by atoms with Crippen LogP contribution in [0.5, 0.6) is 0 Å². The van der Waals surface area contributed by atoms with Crippen molar-refractivity contribution in [1.82, 2.24) is 4.98 Å². The van der Waals surface area contributed by atoms with E-state index in [1.165, 1.54) is 13.3 Å². The molecule has 0 N–H and O–H groups in total. The van der Waals surface area contributed by atoms with E-state index in [2.05, 4.69) is 16.3 Å². The van der Waals surface area contributed by atoms with E-state index in [1.807, 2.05) is 0 Å². The lowest BCUT2D eigenvalue weighted by molar-refractivity contribution is -0.117. The summed E-state index contributed by atoms with van der Waals surface area (Å²) in [5.74, 6) is -0.321. The van der Waals surface area contributed by atoms with Crippen molar-refractivity contribution in [2.75, 3.05) is 18.6 Å². The van der Waals surface area contributed by atoms with Crippen molar-refractivity contribution in [3.63, 3.8) is 0 Å². The summed E-state index contributed by atoms with van der Waals surface area (Å²) in [6.07, 6.45) is 3.73. The van der Waals surface area contributed by atoms with Gasteiger partial charge in [-0.1, -0.05) is 6.08 Å². The Kier molecular flexibility index (Phi) is 3.41. The number of nitrogens with zero attached hydrogens (tertiary/aromatic N) is 2. The van der Waals surface area contributed by atoms with Crippen molar-refractivity contribution in [2.24, 2.45) is 5.92 Å². The number of anilines is 1. The van der Waals surface area contributed by atoms with Crippen molar-refractivity contribution in [3.8, 4) is 0 Å². The van der Waals surface area contributed by atoms with Gasteiger partial charge in [0.25, 0.3) is 0 Å². The Morgan fingerprint density at radius 3 is 3.06 bits per heavy atom. The van der Waals surface area contributed by atoms with E-state index >= 15 is 0 Å². The van der Waals surface area contributed by atoms with Crippen molar-refractivity contribution in [2.45, 2.75) is 6.42 Å². The molecule has 1 aliphatic rings. The van der Waals surface area contributed by atoms with Gasteiger partial charge in [0.2, 0.25) is 5.91 Å². The van der Waals surface area contributed by atoms with E-state index in [4.69, 9.17) is 0 Å². The maximum absolute atomic E-state index is 11.8. The first-order valence-corrected chi connectivity index (χ1v) is 5.63. The van der Waals surface area contributed by atoms with Gasteiger partial charge in [-0.25, -0.2) is 9.78 Å². The largest absolute Gasteiger partial charge is 0.464 e. The van der Waals surface area contributed by atoms with Gasteiger partial charge >= 0.3 is 5.97 Å². The Morgan fingerprint density at radius 2 is 2.44 bits per heavy atom. The van der Waals surface area contributed by atoms with E-state index in [0.717, 1.165) is 0 Å². The molecule has 0 radical (unpaired) electrons. The molecule has 2 rings (SSSR count). The van der Waals surface area contributed by atoms with Crippen LogP contribution in [0.15, 0.2) is 31.0 Å². The molecular formula is C13H14N2O3. The summed E-state index contributed by atoms with van der Waals surface area (Å²) in [5, 5.41) is 0. The molecule has 94 valence electrons. The molecule has 1 unspecified atom stereocenters. The maximum atomic E-state index is 11.8. The topological polar surface area (TPSA) is 59.5 Å². The minimum Gasteiger partial charge on any atom is -0.464 e. The van der Waals surface area contributed by atoms with Gasteiger partial charge in [-0.05, 0) is 12.1 Å². The quantitative estimate of drug-likeness (QED) is 0.597. The number of aromatic nitrogens is 1. The molecule has 1 saturated heterocycles. The molecule has 2 heterocycles. The van der Waals surface area contributed by atoms with Crippen LogP contribution in [0, 0.1) is 5.92 Å². The van der Waals surface area contributed by atoms with Crippen molar-refractivity contribution < 1.29 is 14.3 Å². The van der Waals surface area contributed by atoms with Crippen LogP contribution < -0.4 is 4.90 Å². The minimum absolute atomic E-state index is 0.0296. The highest BCUT2D eigenvalue weighted by atomic mass is 16.5. The number of carbonyl (C=O) groups excluding carboxylic acids is 2. The normalized spacial score (nSPS) is 18.8. The van der Waals surface area contributed by atoms with Crippen LogP contribution in [0.1, 0.15) is 16.9 Å². The fraction of sp³-hybridized carbons (Fsp3) is 0.308. The second kappa shape index (κ2) is 5.00. The molecule has 1 aromatic heterocycles. The third-order valence-corrected chi connectivity index (χ3v) is 2.94. The van der Waals surface area contributed by atoms with Gasteiger partial charge in [-0.3, -0.25) is 4.79 Å². The first-order valence-electron chi connectivity index (χ1n) is 5.63. The summed E-state index contributed by atoms with van der Waals surface area (Å²) in [6, 6.07) is 3.27. The molecule has 18 heavy (non-hydrogen) atoms. The molecule has 5 nitrogen and oxygen atoms in total.